The number of phenolic OH excluding ortho intramolecular Hbond substituents is 3. The molecule has 16 heavy (non-hydrogen) atoms. The number of amides is 1. The van der Waals surface area contributed by atoms with E-state index in [1.54, 1.807) is 0 Å². The van der Waals surface area contributed by atoms with E-state index in [1.165, 1.54) is 0 Å². The van der Waals surface area contributed by atoms with Crippen LogP contribution >= 0.6 is 0 Å². The first-order chi connectivity index (χ1) is 7.58. The quantitative estimate of drug-likeness (QED) is 0.571. The highest BCUT2D eigenvalue weighted by molar-refractivity contribution is 5.69. The number of rotatable bonds is 1. The van der Waals surface area contributed by atoms with Gasteiger partial charge in [0, 0.05) is 18.6 Å². The summed E-state index contributed by atoms with van der Waals surface area (Å²) in [7, 11) is 0. The average Bonchev–Trinajstić information content (AvgIpc) is 2.15. The van der Waals surface area contributed by atoms with Gasteiger partial charge in [-0.2, -0.15) is 0 Å². The van der Waals surface area contributed by atoms with Gasteiger partial charge in [-0.3, -0.25) is 0 Å². The summed E-state index contributed by atoms with van der Waals surface area (Å²) in [6.45, 7) is 0.219. The van der Waals surface area contributed by atoms with Gasteiger partial charge >= 0.3 is 6.09 Å². The van der Waals surface area contributed by atoms with Crippen LogP contribution in [0.2, 0.25) is 0 Å². The Hall–Kier alpha value is -2.11. The van der Waals surface area contributed by atoms with Crippen molar-refractivity contribution in [3.63, 3.8) is 0 Å². The minimum atomic E-state index is -0.594. The summed E-state index contributed by atoms with van der Waals surface area (Å²) in [6, 6.07) is 1.70. The van der Waals surface area contributed by atoms with Gasteiger partial charge in [-0.15, -0.1) is 0 Å². The van der Waals surface area contributed by atoms with Crippen molar-refractivity contribution in [1.82, 2.24) is 5.32 Å². The first-order valence-corrected chi connectivity index (χ1v) is 4.76. The number of nitrogens with one attached hydrogen (secondary N) is 1. The van der Waals surface area contributed by atoms with Gasteiger partial charge in [0.25, 0.3) is 0 Å². The predicted molar refractivity (Wildman–Crippen MR) is 53.3 cm³/mol. The smallest absolute Gasteiger partial charge is 0.407 e. The highest BCUT2D eigenvalue weighted by Gasteiger charge is 2.26. The molecule has 1 aromatic rings. The third-order valence-corrected chi connectivity index (χ3v) is 2.40. The highest BCUT2D eigenvalue weighted by atomic mass is 16.5. The monoisotopic (exact) mass is 225 g/mol. The molecule has 6 nitrogen and oxygen atoms in total. The Morgan fingerprint density at radius 3 is 2.44 bits per heavy atom. The van der Waals surface area contributed by atoms with Crippen molar-refractivity contribution in [2.75, 3.05) is 6.61 Å². The lowest BCUT2D eigenvalue weighted by Gasteiger charge is -2.24. The fourth-order valence-corrected chi connectivity index (χ4v) is 1.71. The maximum Gasteiger partial charge on any atom is 0.407 e. The molecule has 1 aliphatic rings. The number of aromatic hydroxyl groups is 3. The molecule has 0 saturated carbocycles. The molecule has 2 rings (SSSR count). The number of carbonyl (C=O) groups is 1. The standard InChI is InChI=1S/C10H11NO5/c12-5-3-7(13)9(8(14)4-5)6-1-2-16-10(15)11-6/h3-4,6,12-14H,1-2H2,(H,11,15)/t6-/m1/s1. The topological polar surface area (TPSA) is 99.0 Å². The summed E-state index contributed by atoms with van der Waals surface area (Å²) in [6.07, 6.45) is -0.152. The van der Waals surface area contributed by atoms with E-state index in [4.69, 9.17) is 5.11 Å². The molecule has 1 aromatic carbocycles. The summed E-state index contributed by atoms with van der Waals surface area (Å²) in [5.74, 6) is -0.758. The van der Waals surface area contributed by atoms with Crippen LogP contribution in [-0.2, 0) is 4.74 Å². The lowest BCUT2D eigenvalue weighted by molar-refractivity contribution is 0.114. The zero-order chi connectivity index (χ0) is 11.7. The molecule has 1 atom stereocenters. The molecule has 1 heterocycles. The first kappa shape index (κ1) is 10.4. The summed E-state index contributed by atoms with van der Waals surface area (Å²) in [4.78, 5) is 11.0. The Morgan fingerprint density at radius 2 is 1.88 bits per heavy atom. The summed E-state index contributed by atoms with van der Waals surface area (Å²) in [5, 5.41) is 30.8. The molecule has 0 aromatic heterocycles. The Bertz CT molecular complexity index is 408. The van der Waals surface area contributed by atoms with Crippen LogP contribution < -0.4 is 5.32 Å². The van der Waals surface area contributed by atoms with Crippen molar-refractivity contribution in [3.8, 4) is 17.2 Å². The van der Waals surface area contributed by atoms with Crippen LogP contribution in [0.1, 0.15) is 18.0 Å². The number of benzene rings is 1. The number of carbonyl (C=O) groups excluding carboxylic acids is 1. The molecule has 0 spiro atoms. The SMILES string of the molecule is O=C1N[C@@H](c2c(O)cc(O)cc2O)CCO1. The molecule has 0 aliphatic carbocycles. The number of alkyl carbamates (subject to hydrolysis) is 1. The second kappa shape index (κ2) is 3.80. The summed E-state index contributed by atoms with van der Waals surface area (Å²) < 4.78 is 4.67. The number of cyclic esters (lactones) is 1. The molecule has 1 fully saturated rings. The van der Waals surface area contributed by atoms with Crippen molar-refractivity contribution in [3.05, 3.63) is 17.7 Å². The van der Waals surface area contributed by atoms with Gasteiger partial charge in [-0.05, 0) is 0 Å². The number of phenols is 3. The van der Waals surface area contributed by atoms with E-state index in [9.17, 15) is 15.0 Å². The molecular formula is C10H11NO5. The van der Waals surface area contributed by atoms with Gasteiger partial charge in [0.05, 0.1) is 18.2 Å². The average molecular weight is 225 g/mol. The van der Waals surface area contributed by atoms with Gasteiger partial charge in [0.1, 0.15) is 17.2 Å². The lowest BCUT2D eigenvalue weighted by atomic mass is 10.0. The van der Waals surface area contributed by atoms with Crippen LogP contribution in [0.5, 0.6) is 17.2 Å². The van der Waals surface area contributed by atoms with Crippen LogP contribution in [-0.4, -0.2) is 28.0 Å². The van der Waals surface area contributed by atoms with E-state index in [0.717, 1.165) is 12.1 Å². The van der Waals surface area contributed by atoms with Gasteiger partial charge in [0.15, 0.2) is 0 Å². The van der Waals surface area contributed by atoms with E-state index >= 15 is 0 Å². The van der Waals surface area contributed by atoms with Crippen molar-refractivity contribution < 1.29 is 24.9 Å². The van der Waals surface area contributed by atoms with Crippen molar-refractivity contribution in [1.29, 1.82) is 0 Å². The van der Waals surface area contributed by atoms with Crippen molar-refractivity contribution in [2.24, 2.45) is 0 Å². The Labute approximate surface area is 91.1 Å². The van der Waals surface area contributed by atoms with Gasteiger partial charge in [-0.25, -0.2) is 4.79 Å². The van der Waals surface area contributed by atoms with E-state index in [2.05, 4.69) is 10.1 Å². The summed E-state index contributed by atoms with van der Waals surface area (Å²) >= 11 is 0. The Morgan fingerprint density at radius 1 is 1.25 bits per heavy atom. The van der Waals surface area contributed by atoms with Crippen LogP contribution in [0, 0.1) is 0 Å². The van der Waals surface area contributed by atoms with E-state index in [1.807, 2.05) is 0 Å². The molecule has 0 bridgehead atoms. The molecular weight excluding hydrogens is 214 g/mol. The lowest BCUT2D eigenvalue weighted by Crippen LogP contribution is -2.35. The van der Waals surface area contributed by atoms with Crippen LogP contribution in [0.25, 0.3) is 0 Å². The molecule has 1 aliphatic heterocycles. The van der Waals surface area contributed by atoms with E-state index in [0.29, 0.717) is 6.42 Å². The third kappa shape index (κ3) is 1.81. The summed E-state index contributed by atoms with van der Waals surface area (Å²) in [5.41, 5.74) is 0.189. The minimum Gasteiger partial charge on any atom is -0.508 e. The maximum atomic E-state index is 11.0. The van der Waals surface area contributed by atoms with E-state index in [-0.39, 0.29) is 29.4 Å². The molecule has 0 unspecified atom stereocenters. The zero-order valence-corrected chi connectivity index (χ0v) is 8.30. The Kier molecular flexibility index (Phi) is 2.47. The number of hydrogen-bond donors (Lipinski definition) is 4. The second-order valence-electron chi connectivity index (χ2n) is 3.52. The van der Waals surface area contributed by atoms with Crippen LogP contribution in [0.15, 0.2) is 12.1 Å². The van der Waals surface area contributed by atoms with Crippen molar-refractivity contribution >= 4 is 6.09 Å². The minimum absolute atomic E-state index is 0.189. The van der Waals surface area contributed by atoms with E-state index < -0.39 is 12.1 Å². The number of ether oxygens (including phenoxy) is 1. The fourth-order valence-electron chi connectivity index (χ4n) is 1.71. The van der Waals surface area contributed by atoms with Gasteiger partial charge in [-0.1, -0.05) is 0 Å². The normalized spacial score (nSPS) is 20.0. The van der Waals surface area contributed by atoms with Crippen LogP contribution in [0.4, 0.5) is 4.79 Å². The predicted octanol–water partition coefficient (Wildman–Crippen LogP) is 0.974. The number of hydrogen-bond acceptors (Lipinski definition) is 5. The largest absolute Gasteiger partial charge is 0.508 e. The molecule has 1 saturated heterocycles. The highest BCUT2D eigenvalue weighted by Crippen LogP contribution is 2.38. The third-order valence-electron chi connectivity index (χ3n) is 2.40. The molecule has 0 radical (unpaired) electrons. The zero-order valence-electron chi connectivity index (χ0n) is 8.30. The first-order valence-electron chi connectivity index (χ1n) is 4.76. The molecule has 1 amide bonds. The molecule has 86 valence electrons. The fraction of sp³-hybridized carbons (Fsp3) is 0.300. The molecule has 6 heteroatoms. The van der Waals surface area contributed by atoms with Gasteiger partial charge in [0.2, 0.25) is 0 Å². The van der Waals surface area contributed by atoms with Gasteiger partial charge < -0.3 is 25.4 Å². The van der Waals surface area contributed by atoms with Crippen molar-refractivity contribution in [2.45, 2.75) is 12.5 Å². The Balaban J connectivity index is 2.35. The second-order valence-corrected chi connectivity index (χ2v) is 3.52. The molecule has 4 N–H and O–H groups in total. The maximum absolute atomic E-state index is 11.0. The van der Waals surface area contributed by atoms with Crippen LogP contribution in [0.3, 0.4) is 0 Å².